The molecule has 11 N–H and O–H groups in total. The van der Waals surface area contributed by atoms with Crippen molar-refractivity contribution in [3.63, 3.8) is 0 Å². The van der Waals surface area contributed by atoms with Crippen molar-refractivity contribution in [2.24, 2.45) is 11.5 Å². The second-order valence-electron chi connectivity index (χ2n) is 5.88. The summed E-state index contributed by atoms with van der Waals surface area (Å²) in [4.78, 5) is 0. The normalized spacial score (nSPS) is 53.1. The summed E-state index contributed by atoms with van der Waals surface area (Å²) in [6.07, 6.45) is -10.5. The molecule has 0 aromatic rings. The maximum Gasteiger partial charge on any atom is 0.302 e. The van der Waals surface area contributed by atoms with Crippen molar-refractivity contribution in [2.75, 3.05) is 13.2 Å². The van der Waals surface area contributed by atoms with Gasteiger partial charge in [0.15, 0.2) is 6.29 Å². The number of ether oxygens (including phenoxy) is 3. The summed E-state index contributed by atoms with van der Waals surface area (Å²) in [5.41, 5.74) is 11.3. The van der Waals surface area contributed by atoms with Crippen molar-refractivity contribution in [3.8, 4) is 0 Å². The Kier molecular flexibility index (Phi) is 6.12. The zero-order chi connectivity index (χ0) is 18.2. The Hall–Kier alpha value is -0.480. The summed E-state index contributed by atoms with van der Waals surface area (Å²) in [5.74, 6) is -2.71. The van der Waals surface area contributed by atoms with Crippen molar-refractivity contribution >= 4 is 0 Å². The first-order chi connectivity index (χ1) is 11.2. The fourth-order valence-electron chi connectivity index (χ4n) is 2.64. The second-order valence-corrected chi connectivity index (χ2v) is 5.88. The lowest BCUT2D eigenvalue weighted by molar-refractivity contribution is -0.462. The summed E-state index contributed by atoms with van der Waals surface area (Å²) < 4.78 is 15.3. The smallest absolute Gasteiger partial charge is 0.302 e. The number of aliphatic hydroxyl groups excluding tert-OH is 6. The third kappa shape index (κ3) is 3.41. The van der Waals surface area contributed by atoms with Gasteiger partial charge in [-0.3, -0.25) is 4.74 Å². The third-order valence-corrected chi connectivity index (χ3v) is 4.23. The van der Waals surface area contributed by atoms with E-state index in [2.05, 4.69) is 0 Å². The molecule has 0 unspecified atom stereocenters. The zero-order valence-electron chi connectivity index (χ0n) is 12.6. The van der Waals surface area contributed by atoms with Gasteiger partial charge in [-0.05, 0) is 0 Å². The summed E-state index contributed by atoms with van der Waals surface area (Å²) in [7, 11) is 0. The summed E-state index contributed by atoms with van der Waals surface area (Å²) >= 11 is 0. The van der Waals surface area contributed by atoms with Crippen molar-refractivity contribution in [2.45, 2.75) is 61.0 Å². The van der Waals surface area contributed by atoms with Crippen molar-refractivity contribution < 1.29 is 50.0 Å². The minimum atomic E-state index is -2.71. The molecule has 0 aromatic heterocycles. The molecular formula is C12H24N2O10. The van der Waals surface area contributed by atoms with Gasteiger partial charge in [0.05, 0.1) is 19.3 Å². The van der Waals surface area contributed by atoms with Crippen LogP contribution < -0.4 is 11.5 Å². The van der Waals surface area contributed by atoms with E-state index < -0.39 is 74.2 Å². The van der Waals surface area contributed by atoms with Crippen LogP contribution in [0.3, 0.4) is 0 Å². The lowest BCUT2D eigenvalue weighted by Crippen LogP contribution is -2.72. The first-order valence-electron chi connectivity index (χ1n) is 7.35. The summed E-state index contributed by atoms with van der Waals surface area (Å²) in [5, 5.41) is 67.9. The lowest BCUT2D eigenvalue weighted by atomic mass is 9.95. The molecule has 10 atom stereocenters. The molecule has 2 fully saturated rings. The number of nitrogens with two attached hydrogens (primary N) is 2. The van der Waals surface area contributed by atoms with Gasteiger partial charge in [-0.15, -0.1) is 0 Å². The van der Waals surface area contributed by atoms with Gasteiger partial charge in [-0.1, -0.05) is 0 Å². The highest BCUT2D eigenvalue weighted by atomic mass is 16.9. The van der Waals surface area contributed by atoms with E-state index in [0.29, 0.717) is 0 Å². The molecule has 24 heavy (non-hydrogen) atoms. The van der Waals surface area contributed by atoms with Crippen LogP contribution in [0.5, 0.6) is 0 Å². The van der Waals surface area contributed by atoms with Crippen molar-refractivity contribution in [1.82, 2.24) is 0 Å². The molecule has 142 valence electrons. The molecule has 0 amide bonds. The molecule has 0 spiro atoms. The standard InChI is InChI=1S/C12H24N2O10/c13-5-8(19)6(17)3(1-15)22-11(5)24-12(21)10(14)9(20)7(18)4(2-16)23-12/h3-11,15-21H,1-2,13-14H2/t3-,4-,5+,6-,7+,8-,9+,10+,11-,12+/m1/s1. The second kappa shape index (κ2) is 7.41. The highest BCUT2D eigenvalue weighted by Crippen LogP contribution is 2.32. The molecule has 0 aliphatic carbocycles. The molecule has 0 radical (unpaired) electrons. The average molecular weight is 356 g/mol. The lowest BCUT2D eigenvalue weighted by Gasteiger charge is -2.48. The molecular weight excluding hydrogens is 332 g/mol. The van der Waals surface area contributed by atoms with Crippen LogP contribution in [-0.2, 0) is 14.2 Å². The van der Waals surface area contributed by atoms with E-state index in [0.717, 1.165) is 0 Å². The topological polar surface area (TPSA) is 221 Å². The molecule has 0 aromatic carbocycles. The first kappa shape index (κ1) is 19.8. The van der Waals surface area contributed by atoms with Crippen LogP contribution in [0.15, 0.2) is 0 Å². The van der Waals surface area contributed by atoms with E-state index in [1.165, 1.54) is 0 Å². The molecule has 2 rings (SSSR count). The molecule has 2 heterocycles. The quantitative estimate of drug-likeness (QED) is 0.215. The maximum atomic E-state index is 10.4. The fraction of sp³-hybridized carbons (Fsp3) is 1.00. The average Bonchev–Trinajstić information content (AvgIpc) is 2.57. The van der Waals surface area contributed by atoms with E-state index in [1.54, 1.807) is 0 Å². The van der Waals surface area contributed by atoms with Crippen LogP contribution in [0.1, 0.15) is 0 Å². The summed E-state index contributed by atoms with van der Waals surface area (Å²) in [6.45, 7) is -1.43. The highest BCUT2D eigenvalue weighted by Gasteiger charge is 2.56. The molecule has 2 aliphatic rings. The minimum Gasteiger partial charge on any atom is -0.394 e. The monoisotopic (exact) mass is 356 g/mol. The van der Waals surface area contributed by atoms with Gasteiger partial charge < -0.3 is 56.7 Å². The Bertz CT molecular complexity index is 427. The van der Waals surface area contributed by atoms with E-state index in [9.17, 15) is 25.5 Å². The first-order valence-corrected chi connectivity index (χ1v) is 7.35. The number of rotatable bonds is 4. The van der Waals surface area contributed by atoms with Crippen molar-refractivity contribution in [1.29, 1.82) is 0 Å². The Morgan fingerprint density at radius 3 is 1.96 bits per heavy atom. The molecule has 12 heteroatoms. The molecule has 0 saturated carbocycles. The van der Waals surface area contributed by atoms with Crippen molar-refractivity contribution in [3.05, 3.63) is 0 Å². The van der Waals surface area contributed by atoms with E-state index in [-0.39, 0.29) is 0 Å². The highest BCUT2D eigenvalue weighted by molar-refractivity contribution is 4.97. The van der Waals surface area contributed by atoms with Crippen LogP contribution in [0, 0.1) is 0 Å². The van der Waals surface area contributed by atoms with Crippen LogP contribution in [-0.4, -0.2) is 110 Å². The van der Waals surface area contributed by atoms with Gasteiger partial charge in [0.25, 0.3) is 0 Å². The van der Waals surface area contributed by atoms with Gasteiger partial charge in [0.2, 0.25) is 0 Å². The minimum absolute atomic E-state index is 0.670. The predicted molar refractivity (Wildman–Crippen MR) is 73.7 cm³/mol. The van der Waals surface area contributed by atoms with Gasteiger partial charge in [0.1, 0.15) is 42.7 Å². The van der Waals surface area contributed by atoms with Crippen LogP contribution >= 0.6 is 0 Å². The van der Waals surface area contributed by atoms with Gasteiger partial charge in [0, 0.05) is 0 Å². The van der Waals surface area contributed by atoms with Gasteiger partial charge >= 0.3 is 5.97 Å². The number of hydrogen-bond acceptors (Lipinski definition) is 12. The molecule has 0 bridgehead atoms. The Morgan fingerprint density at radius 2 is 1.42 bits per heavy atom. The maximum absolute atomic E-state index is 10.4. The predicted octanol–water partition coefficient (Wildman–Crippen LogP) is -6.14. The SMILES string of the molecule is N[C@@H]1[C@@H](O[C@@]2(O)O[C@H](CO)[C@H](O)[C@H](O)[C@@H]2N)O[C@H](CO)[C@@H](O)[C@@H]1O. The number of aliphatic hydroxyl groups is 7. The molecule has 2 aliphatic heterocycles. The van der Waals surface area contributed by atoms with Gasteiger partial charge in [-0.2, -0.15) is 0 Å². The number of hydrogen-bond donors (Lipinski definition) is 9. The van der Waals surface area contributed by atoms with Gasteiger partial charge in [-0.25, -0.2) is 0 Å². The van der Waals surface area contributed by atoms with Crippen LogP contribution in [0.25, 0.3) is 0 Å². The van der Waals surface area contributed by atoms with Crippen LogP contribution in [0.2, 0.25) is 0 Å². The summed E-state index contributed by atoms with van der Waals surface area (Å²) in [6, 6.07) is -3.01. The Labute approximate surface area is 136 Å². The molecule has 2 saturated heterocycles. The molecule has 12 nitrogen and oxygen atoms in total. The van der Waals surface area contributed by atoms with E-state index in [4.69, 9.17) is 35.9 Å². The van der Waals surface area contributed by atoms with E-state index in [1.807, 2.05) is 0 Å². The Balaban J connectivity index is 2.18. The van der Waals surface area contributed by atoms with Crippen LogP contribution in [0.4, 0.5) is 0 Å². The Morgan fingerprint density at radius 1 is 0.875 bits per heavy atom. The fourth-order valence-corrected chi connectivity index (χ4v) is 2.64. The third-order valence-electron chi connectivity index (χ3n) is 4.23. The largest absolute Gasteiger partial charge is 0.394 e. The van der Waals surface area contributed by atoms with E-state index >= 15 is 0 Å². The zero-order valence-corrected chi connectivity index (χ0v) is 12.6.